The summed E-state index contributed by atoms with van der Waals surface area (Å²) in [5.41, 5.74) is 1.32. The van der Waals surface area contributed by atoms with Gasteiger partial charge in [0.1, 0.15) is 18.6 Å². The molecule has 0 bridgehead atoms. The van der Waals surface area contributed by atoms with E-state index in [0.29, 0.717) is 35.9 Å². The normalized spacial score (nSPS) is 12.6. The molecular weight excluding hydrogens is 370 g/mol. The molecule has 0 saturated carbocycles. The Balaban J connectivity index is 1.96. The molecule has 3 rings (SSSR count). The minimum atomic E-state index is -1.15. The van der Waals surface area contributed by atoms with Crippen LogP contribution in [0, 0.1) is 5.41 Å². The number of ether oxygens (including phenoxy) is 1. The van der Waals surface area contributed by atoms with E-state index in [4.69, 9.17) is 9.72 Å². The number of nitrogens with zero attached hydrogens (tertiary/aromatic N) is 5. The Morgan fingerprint density at radius 3 is 2.61 bits per heavy atom. The SMILES string of the molecule is CC(C)(C)C(=O)c1cn(COCC[Si](C)(C)C)c2ncc(-n3ccnc3)nc12. The predicted molar refractivity (Wildman–Crippen MR) is 113 cm³/mol. The van der Waals surface area contributed by atoms with Gasteiger partial charge in [-0.05, 0) is 6.04 Å². The second-order valence-corrected chi connectivity index (χ2v) is 14.9. The first-order chi connectivity index (χ1) is 13.1. The van der Waals surface area contributed by atoms with Crippen molar-refractivity contribution in [3.63, 3.8) is 0 Å². The van der Waals surface area contributed by atoms with Gasteiger partial charge in [0.15, 0.2) is 17.2 Å². The standard InChI is InChI=1S/C20H29N5O2Si/c1-20(2,3)18(26)15-12-25(14-27-9-10-28(4,5)6)19-17(15)23-16(11-22-19)24-8-7-21-13-24/h7-8,11-13H,9-10,14H2,1-6H3. The maximum absolute atomic E-state index is 13.0. The fraction of sp³-hybridized carbons (Fsp3) is 0.500. The second-order valence-electron chi connectivity index (χ2n) is 9.31. The van der Waals surface area contributed by atoms with Crippen LogP contribution < -0.4 is 0 Å². The molecule has 0 aromatic carbocycles. The van der Waals surface area contributed by atoms with Crippen molar-refractivity contribution in [3.05, 3.63) is 36.7 Å². The zero-order valence-electron chi connectivity index (χ0n) is 17.6. The molecule has 0 fully saturated rings. The summed E-state index contributed by atoms with van der Waals surface area (Å²) in [7, 11) is -1.15. The van der Waals surface area contributed by atoms with Crippen LogP contribution in [-0.4, -0.2) is 44.6 Å². The van der Waals surface area contributed by atoms with Crippen molar-refractivity contribution in [2.75, 3.05) is 6.61 Å². The third kappa shape index (κ3) is 4.56. The van der Waals surface area contributed by atoms with Crippen molar-refractivity contribution < 1.29 is 9.53 Å². The number of imidazole rings is 1. The summed E-state index contributed by atoms with van der Waals surface area (Å²) < 4.78 is 9.54. The Labute approximate surface area is 166 Å². The van der Waals surface area contributed by atoms with Gasteiger partial charge in [-0.15, -0.1) is 0 Å². The summed E-state index contributed by atoms with van der Waals surface area (Å²) in [6, 6.07) is 1.09. The Hall–Kier alpha value is -2.32. The average Bonchev–Trinajstić information content (AvgIpc) is 3.24. The molecule has 0 aliphatic rings. The predicted octanol–water partition coefficient (Wildman–Crippen LogP) is 4.16. The molecule has 0 aliphatic heterocycles. The summed E-state index contributed by atoms with van der Waals surface area (Å²) in [6.45, 7) is 13.8. The monoisotopic (exact) mass is 399 g/mol. The molecule has 7 nitrogen and oxygen atoms in total. The van der Waals surface area contributed by atoms with E-state index < -0.39 is 13.5 Å². The third-order valence-corrected chi connectivity index (χ3v) is 6.18. The van der Waals surface area contributed by atoms with Crippen LogP contribution >= 0.6 is 0 Å². The molecule has 28 heavy (non-hydrogen) atoms. The van der Waals surface area contributed by atoms with E-state index in [0.717, 1.165) is 6.04 Å². The molecule has 3 aromatic heterocycles. The van der Waals surface area contributed by atoms with Gasteiger partial charge in [-0.2, -0.15) is 0 Å². The number of carbonyl (C=O) groups is 1. The fourth-order valence-electron chi connectivity index (χ4n) is 2.77. The number of aromatic nitrogens is 5. The van der Waals surface area contributed by atoms with E-state index in [9.17, 15) is 4.79 Å². The maximum Gasteiger partial charge on any atom is 0.171 e. The van der Waals surface area contributed by atoms with Crippen molar-refractivity contribution in [2.24, 2.45) is 5.41 Å². The first-order valence-corrected chi connectivity index (χ1v) is 13.2. The van der Waals surface area contributed by atoms with Gasteiger partial charge in [-0.25, -0.2) is 15.0 Å². The highest BCUT2D eigenvalue weighted by molar-refractivity contribution is 6.76. The number of hydrogen-bond acceptors (Lipinski definition) is 5. The van der Waals surface area contributed by atoms with Crippen LogP contribution in [-0.2, 0) is 11.5 Å². The summed E-state index contributed by atoms with van der Waals surface area (Å²) in [5, 5.41) is 0. The van der Waals surface area contributed by atoms with Gasteiger partial charge < -0.3 is 9.30 Å². The molecule has 0 saturated heterocycles. The van der Waals surface area contributed by atoms with Crippen molar-refractivity contribution in [3.8, 4) is 5.82 Å². The van der Waals surface area contributed by atoms with Crippen LogP contribution in [0.4, 0.5) is 0 Å². The topological polar surface area (TPSA) is 74.8 Å². The second kappa shape index (κ2) is 7.60. The molecule has 0 spiro atoms. The highest BCUT2D eigenvalue weighted by Crippen LogP contribution is 2.27. The fourth-order valence-corrected chi connectivity index (χ4v) is 3.53. The quantitative estimate of drug-likeness (QED) is 0.339. The highest BCUT2D eigenvalue weighted by atomic mass is 28.3. The lowest BCUT2D eigenvalue weighted by Crippen LogP contribution is -2.22. The molecule has 0 atom stereocenters. The molecule has 0 aliphatic carbocycles. The minimum Gasteiger partial charge on any atom is -0.361 e. The molecule has 0 N–H and O–H groups in total. The maximum atomic E-state index is 13.0. The smallest absolute Gasteiger partial charge is 0.171 e. The lowest BCUT2D eigenvalue weighted by atomic mass is 9.87. The van der Waals surface area contributed by atoms with Crippen LogP contribution in [0.15, 0.2) is 31.1 Å². The van der Waals surface area contributed by atoms with Gasteiger partial charge in [0.05, 0.1) is 11.8 Å². The molecule has 150 valence electrons. The lowest BCUT2D eigenvalue weighted by Gasteiger charge is -2.16. The number of rotatable bonds is 7. The van der Waals surface area contributed by atoms with Gasteiger partial charge in [-0.1, -0.05) is 40.4 Å². The average molecular weight is 400 g/mol. The van der Waals surface area contributed by atoms with E-state index in [1.807, 2.05) is 31.5 Å². The van der Waals surface area contributed by atoms with Crippen molar-refractivity contribution in [2.45, 2.75) is 53.2 Å². The number of hydrogen-bond donors (Lipinski definition) is 0. The molecular formula is C20H29N5O2Si. The first kappa shape index (κ1) is 20.4. The van der Waals surface area contributed by atoms with Crippen LogP contribution in [0.3, 0.4) is 0 Å². The van der Waals surface area contributed by atoms with Crippen molar-refractivity contribution >= 4 is 25.0 Å². The van der Waals surface area contributed by atoms with E-state index in [1.165, 1.54) is 0 Å². The van der Waals surface area contributed by atoms with Gasteiger partial charge in [0.2, 0.25) is 0 Å². The molecule has 0 unspecified atom stereocenters. The van der Waals surface area contributed by atoms with Crippen LogP contribution in [0.1, 0.15) is 31.1 Å². The molecule has 0 amide bonds. The van der Waals surface area contributed by atoms with Crippen LogP contribution in [0.2, 0.25) is 25.7 Å². The third-order valence-electron chi connectivity index (χ3n) is 4.47. The Morgan fingerprint density at radius 2 is 2.00 bits per heavy atom. The summed E-state index contributed by atoms with van der Waals surface area (Å²) in [4.78, 5) is 26.4. The zero-order valence-corrected chi connectivity index (χ0v) is 18.6. The molecule has 3 heterocycles. The van der Waals surface area contributed by atoms with Crippen LogP contribution in [0.25, 0.3) is 17.0 Å². The molecule has 8 heteroatoms. The lowest BCUT2D eigenvalue weighted by molar-refractivity contribution is 0.0849. The summed E-state index contributed by atoms with van der Waals surface area (Å²) in [5.74, 6) is 0.667. The molecule has 3 aromatic rings. The number of Topliss-reactive ketones (excluding diaryl/α,β-unsaturated/α-hetero) is 1. The van der Waals surface area contributed by atoms with Gasteiger partial charge in [-0.3, -0.25) is 9.36 Å². The van der Waals surface area contributed by atoms with E-state index in [1.54, 1.807) is 29.5 Å². The van der Waals surface area contributed by atoms with E-state index in [-0.39, 0.29) is 5.78 Å². The Bertz CT molecular complexity index is 965. The van der Waals surface area contributed by atoms with E-state index in [2.05, 4.69) is 29.6 Å². The minimum absolute atomic E-state index is 0.0374. The summed E-state index contributed by atoms with van der Waals surface area (Å²) >= 11 is 0. The zero-order chi connectivity index (χ0) is 20.5. The Kier molecular flexibility index (Phi) is 5.54. The van der Waals surface area contributed by atoms with Gasteiger partial charge >= 0.3 is 0 Å². The number of carbonyl (C=O) groups excluding carboxylic acids is 1. The van der Waals surface area contributed by atoms with Crippen molar-refractivity contribution in [1.29, 1.82) is 0 Å². The first-order valence-electron chi connectivity index (χ1n) is 9.53. The summed E-state index contributed by atoms with van der Waals surface area (Å²) in [6.07, 6.45) is 8.66. The number of ketones is 1. The van der Waals surface area contributed by atoms with Crippen LogP contribution in [0.5, 0.6) is 0 Å². The Morgan fingerprint density at radius 1 is 1.25 bits per heavy atom. The van der Waals surface area contributed by atoms with Gasteiger partial charge in [0.25, 0.3) is 0 Å². The van der Waals surface area contributed by atoms with Gasteiger partial charge in [0, 0.05) is 38.7 Å². The highest BCUT2D eigenvalue weighted by Gasteiger charge is 2.28. The van der Waals surface area contributed by atoms with E-state index >= 15 is 0 Å². The number of fused-ring (bicyclic) bond motifs is 1. The van der Waals surface area contributed by atoms with Crippen molar-refractivity contribution in [1.82, 2.24) is 24.1 Å². The largest absolute Gasteiger partial charge is 0.361 e. The molecule has 0 radical (unpaired) electrons.